The first-order valence-electron chi connectivity index (χ1n) is 7.44. The molecule has 0 rings (SSSR count). The van der Waals surface area contributed by atoms with Crippen LogP contribution in [0.3, 0.4) is 0 Å². The predicted molar refractivity (Wildman–Crippen MR) is 79.2 cm³/mol. The quantitative estimate of drug-likeness (QED) is 0.280. The standard InChI is InChI=1S/C16H34N/c1-6-8-9-10-11-12-13-16(3)15-17(4,5)14-7-2/h7,16H,2,6,8-15H2,1,3-5H3/q+1. The number of likely N-dealkylation sites (N-methyl/N-ethyl adjacent to an activating group) is 1. The summed E-state index contributed by atoms with van der Waals surface area (Å²) in [7, 11) is 4.61. The Labute approximate surface area is 109 Å². The van der Waals surface area contributed by atoms with E-state index in [1.165, 1.54) is 51.5 Å². The van der Waals surface area contributed by atoms with Crippen LogP contribution in [-0.4, -0.2) is 31.7 Å². The molecule has 0 aliphatic rings. The van der Waals surface area contributed by atoms with Crippen molar-refractivity contribution in [2.75, 3.05) is 27.2 Å². The molecule has 1 heteroatoms. The second kappa shape index (κ2) is 9.70. The largest absolute Gasteiger partial charge is 0.325 e. The molecular weight excluding hydrogens is 206 g/mol. The van der Waals surface area contributed by atoms with Gasteiger partial charge in [-0.25, -0.2) is 0 Å². The van der Waals surface area contributed by atoms with Gasteiger partial charge in [0.25, 0.3) is 0 Å². The fourth-order valence-corrected chi connectivity index (χ4v) is 2.63. The molecule has 0 aliphatic carbocycles. The van der Waals surface area contributed by atoms with E-state index in [1.807, 2.05) is 6.08 Å². The van der Waals surface area contributed by atoms with Crippen LogP contribution in [-0.2, 0) is 0 Å². The molecule has 0 radical (unpaired) electrons. The third kappa shape index (κ3) is 10.6. The predicted octanol–water partition coefficient (Wildman–Crippen LogP) is 4.64. The summed E-state index contributed by atoms with van der Waals surface area (Å²) in [6.45, 7) is 10.9. The van der Waals surface area contributed by atoms with E-state index in [9.17, 15) is 0 Å². The maximum Gasteiger partial charge on any atom is 0.0967 e. The fourth-order valence-electron chi connectivity index (χ4n) is 2.63. The van der Waals surface area contributed by atoms with Gasteiger partial charge in [0.2, 0.25) is 0 Å². The van der Waals surface area contributed by atoms with Gasteiger partial charge in [0.15, 0.2) is 0 Å². The first-order valence-corrected chi connectivity index (χ1v) is 7.44. The second-order valence-electron chi connectivity index (χ2n) is 6.25. The molecule has 0 bridgehead atoms. The molecule has 102 valence electrons. The van der Waals surface area contributed by atoms with Gasteiger partial charge in [0.05, 0.1) is 27.2 Å². The van der Waals surface area contributed by atoms with Crippen LogP contribution in [0.1, 0.15) is 58.8 Å². The molecule has 0 fully saturated rings. The van der Waals surface area contributed by atoms with Crippen molar-refractivity contribution in [1.82, 2.24) is 0 Å². The van der Waals surface area contributed by atoms with Crippen molar-refractivity contribution < 1.29 is 4.48 Å². The Bertz CT molecular complexity index is 184. The van der Waals surface area contributed by atoms with Crippen molar-refractivity contribution in [1.29, 1.82) is 0 Å². The van der Waals surface area contributed by atoms with Gasteiger partial charge in [-0.3, -0.25) is 0 Å². The Kier molecular flexibility index (Phi) is 9.53. The van der Waals surface area contributed by atoms with E-state index >= 15 is 0 Å². The van der Waals surface area contributed by atoms with Gasteiger partial charge in [-0.15, -0.1) is 0 Å². The van der Waals surface area contributed by atoms with Crippen LogP contribution in [0.4, 0.5) is 0 Å². The Morgan fingerprint density at radius 3 is 2.24 bits per heavy atom. The minimum absolute atomic E-state index is 0.844. The van der Waals surface area contributed by atoms with E-state index in [2.05, 4.69) is 34.5 Å². The lowest BCUT2D eigenvalue weighted by Gasteiger charge is -2.31. The van der Waals surface area contributed by atoms with E-state index in [1.54, 1.807) is 0 Å². The Hall–Kier alpha value is -0.300. The highest BCUT2D eigenvalue weighted by Gasteiger charge is 2.16. The molecule has 0 saturated carbocycles. The number of unbranched alkanes of at least 4 members (excludes halogenated alkanes) is 5. The molecule has 1 atom stereocenters. The van der Waals surface area contributed by atoms with Crippen molar-refractivity contribution in [2.24, 2.45) is 5.92 Å². The lowest BCUT2D eigenvalue weighted by molar-refractivity contribution is -0.887. The van der Waals surface area contributed by atoms with Crippen LogP contribution < -0.4 is 0 Å². The first-order chi connectivity index (χ1) is 8.02. The Morgan fingerprint density at radius 2 is 1.65 bits per heavy atom. The molecular formula is C16H34N+. The van der Waals surface area contributed by atoms with Crippen molar-refractivity contribution in [3.05, 3.63) is 12.7 Å². The summed E-state index contributed by atoms with van der Waals surface area (Å²) >= 11 is 0. The van der Waals surface area contributed by atoms with Crippen LogP contribution >= 0.6 is 0 Å². The smallest absolute Gasteiger partial charge is 0.0967 e. The number of nitrogens with zero attached hydrogens (tertiary/aromatic N) is 1. The Morgan fingerprint density at radius 1 is 1.06 bits per heavy atom. The maximum atomic E-state index is 3.84. The van der Waals surface area contributed by atoms with Crippen molar-refractivity contribution >= 4 is 0 Å². The van der Waals surface area contributed by atoms with Crippen LogP contribution in [0, 0.1) is 5.92 Å². The molecule has 0 amide bonds. The minimum Gasteiger partial charge on any atom is -0.325 e. The maximum absolute atomic E-state index is 3.84. The molecule has 0 saturated heterocycles. The average Bonchev–Trinajstić information content (AvgIpc) is 2.22. The van der Waals surface area contributed by atoms with Crippen LogP contribution in [0.15, 0.2) is 12.7 Å². The molecule has 0 aromatic carbocycles. The molecule has 0 aliphatic heterocycles. The van der Waals surface area contributed by atoms with Gasteiger partial charge >= 0.3 is 0 Å². The summed E-state index contributed by atoms with van der Waals surface area (Å²) in [6.07, 6.45) is 11.9. The molecule has 1 unspecified atom stereocenters. The van der Waals surface area contributed by atoms with Gasteiger partial charge < -0.3 is 4.48 Å². The molecule has 0 N–H and O–H groups in total. The second-order valence-corrected chi connectivity index (χ2v) is 6.25. The zero-order valence-corrected chi connectivity index (χ0v) is 12.7. The topological polar surface area (TPSA) is 0 Å². The van der Waals surface area contributed by atoms with E-state index in [0.717, 1.165) is 16.9 Å². The zero-order valence-electron chi connectivity index (χ0n) is 12.7. The van der Waals surface area contributed by atoms with E-state index < -0.39 is 0 Å². The lowest BCUT2D eigenvalue weighted by Crippen LogP contribution is -2.42. The lowest BCUT2D eigenvalue weighted by atomic mass is 10.0. The molecule has 0 spiro atoms. The van der Waals surface area contributed by atoms with Crippen LogP contribution in [0.25, 0.3) is 0 Å². The summed E-state index contributed by atoms with van der Waals surface area (Å²) in [6, 6.07) is 0. The summed E-state index contributed by atoms with van der Waals surface area (Å²) in [5.74, 6) is 0.844. The van der Waals surface area contributed by atoms with Crippen molar-refractivity contribution in [2.45, 2.75) is 58.8 Å². The summed E-state index contributed by atoms with van der Waals surface area (Å²) < 4.78 is 1.08. The zero-order chi connectivity index (χ0) is 13.1. The van der Waals surface area contributed by atoms with Crippen molar-refractivity contribution in [3.63, 3.8) is 0 Å². The third-order valence-electron chi connectivity index (χ3n) is 3.48. The number of quaternary nitrogens is 1. The first kappa shape index (κ1) is 16.7. The SMILES string of the molecule is C=CC[N+](C)(C)CC(C)CCCCCCCC. The van der Waals surface area contributed by atoms with Gasteiger partial charge in [0, 0.05) is 5.92 Å². The highest BCUT2D eigenvalue weighted by Crippen LogP contribution is 2.15. The minimum atomic E-state index is 0.844. The van der Waals surface area contributed by atoms with E-state index in [4.69, 9.17) is 0 Å². The van der Waals surface area contributed by atoms with Gasteiger partial charge in [-0.2, -0.15) is 0 Å². The fraction of sp³-hybridized carbons (Fsp3) is 0.875. The highest BCUT2D eigenvalue weighted by molar-refractivity contribution is 4.65. The van der Waals surface area contributed by atoms with Crippen molar-refractivity contribution in [3.8, 4) is 0 Å². The molecule has 1 nitrogen and oxygen atoms in total. The number of rotatable bonds is 11. The number of hydrogen-bond acceptors (Lipinski definition) is 0. The molecule has 0 heterocycles. The Balaban J connectivity index is 3.52. The average molecular weight is 240 g/mol. The monoisotopic (exact) mass is 240 g/mol. The molecule has 17 heavy (non-hydrogen) atoms. The molecule has 0 aromatic rings. The normalized spacial score (nSPS) is 13.6. The number of hydrogen-bond donors (Lipinski definition) is 0. The van der Waals surface area contributed by atoms with E-state index in [0.29, 0.717) is 0 Å². The highest BCUT2D eigenvalue weighted by atomic mass is 15.3. The summed E-state index contributed by atoms with van der Waals surface area (Å²) in [5.41, 5.74) is 0. The van der Waals surface area contributed by atoms with Gasteiger partial charge in [-0.1, -0.05) is 59.0 Å². The summed E-state index contributed by atoms with van der Waals surface area (Å²) in [4.78, 5) is 0. The van der Waals surface area contributed by atoms with Crippen LogP contribution in [0.2, 0.25) is 0 Å². The molecule has 0 aromatic heterocycles. The third-order valence-corrected chi connectivity index (χ3v) is 3.48. The van der Waals surface area contributed by atoms with E-state index in [-0.39, 0.29) is 0 Å². The van der Waals surface area contributed by atoms with Crippen LogP contribution in [0.5, 0.6) is 0 Å². The van der Waals surface area contributed by atoms with Gasteiger partial charge in [0.1, 0.15) is 0 Å². The van der Waals surface area contributed by atoms with Gasteiger partial charge in [-0.05, 0) is 12.5 Å². The summed E-state index contributed by atoms with van der Waals surface area (Å²) in [5, 5.41) is 0.